The number of benzene rings is 2. The first-order valence-electron chi connectivity index (χ1n) is 5.50. The van der Waals surface area contributed by atoms with Gasteiger partial charge in [-0.3, -0.25) is 4.79 Å². The standard InChI is InChI=1S/C14H13IN2O/c1-9-8-10(16)6-7-11(9)14(18)17-13-5-3-2-4-12(13)15/h2-8H,16H2,1H3,(H,17,18). The molecule has 0 aliphatic heterocycles. The Bertz CT molecular complexity index is 596. The number of nitrogens with one attached hydrogen (secondary N) is 1. The molecule has 3 nitrogen and oxygen atoms in total. The van der Waals surface area contributed by atoms with E-state index < -0.39 is 0 Å². The largest absolute Gasteiger partial charge is 0.399 e. The smallest absolute Gasteiger partial charge is 0.255 e. The van der Waals surface area contributed by atoms with Gasteiger partial charge >= 0.3 is 0 Å². The molecule has 0 atom stereocenters. The molecule has 0 aliphatic carbocycles. The first kappa shape index (κ1) is 12.9. The van der Waals surface area contributed by atoms with E-state index >= 15 is 0 Å². The number of halogens is 1. The monoisotopic (exact) mass is 352 g/mol. The molecule has 4 heteroatoms. The summed E-state index contributed by atoms with van der Waals surface area (Å²) in [4.78, 5) is 12.1. The fraction of sp³-hybridized carbons (Fsp3) is 0.0714. The maximum atomic E-state index is 12.1. The zero-order chi connectivity index (χ0) is 13.1. The average molecular weight is 352 g/mol. The molecule has 2 aromatic carbocycles. The summed E-state index contributed by atoms with van der Waals surface area (Å²) in [6, 6.07) is 12.9. The normalized spacial score (nSPS) is 10.1. The number of hydrogen-bond donors (Lipinski definition) is 2. The molecule has 2 aromatic rings. The summed E-state index contributed by atoms with van der Waals surface area (Å²) in [6.45, 7) is 1.88. The molecule has 18 heavy (non-hydrogen) atoms. The van der Waals surface area contributed by atoms with E-state index in [0.717, 1.165) is 14.8 Å². The minimum atomic E-state index is -0.114. The third kappa shape index (κ3) is 2.81. The van der Waals surface area contributed by atoms with Crippen LogP contribution in [0.1, 0.15) is 15.9 Å². The molecule has 1 amide bonds. The number of para-hydroxylation sites is 1. The summed E-state index contributed by atoms with van der Waals surface area (Å²) in [5, 5.41) is 2.90. The van der Waals surface area contributed by atoms with Crippen LogP contribution in [-0.4, -0.2) is 5.91 Å². The van der Waals surface area contributed by atoms with Crippen molar-refractivity contribution >= 4 is 39.9 Å². The highest BCUT2D eigenvalue weighted by molar-refractivity contribution is 14.1. The average Bonchev–Trinajstić information content (AvgIpc) is 2.32. The SMILES string of the molecule is Cc1cc(N)ccc1C(=O)Nc1ccccc1I. The molecule has 0 heterocycles. The molecule has 0 saturated carbocycles. The van der Waals surface area contributed by atoms with Gasteiger partial charge in [0.2, 0.25) is 0 Å². The molecule has 0 saturated heterocycles. The van der Waals surface area contributed by atoms with Crippen LogP contribution in [0.4, 0.5) is 11.4 Å². The summed E-state index contributed by atoms with van der Waals surface area (Å²) in [6.07, 6.45) is 0. The van der Waals surface area contributed by atoms with Crippen LogP contribution in [0.2, 0.25) is 0 Å². The van der Waals surface area contributed by atoms with E-state index in [0.29, 0.717) is 11.3 Å². The summed E-state index contributed by atoms with van der Waals surface area (Å²) >= 11 is 2.19. The van der Waals surface area contributed by atoms with Crippen molar-refractivity contribution < 1.29 is 4.79 Å². The van der Waals surface area contributed by atoms with Gasteiger partial charge in [-0.2, -0.15) is 0 Å². The zero-order valence-corrected chi connectivity index (χ0v) is 12.1. The Labute approximate surface area is 120 Å². The molecule has 92 valence electrons. The third-order valence-corrected chi connectivity index (χ3v) is 3.56. The summed E-state index contributed by atoms with van der Waals surface area (Å²) in [7, 11) is 0. The summed E-state index contributed by atoms with van der Waals surface area (Å²) in [5.41, 5.74) is 8.67. The molecule has 0 aliphatic rings. The van der Waals surface area contributed by atoms with Gasteiger partial charge in [-0.1, -0.05) is 12.1 Å². The van der Waals surface area contributed by atoms with Crippen LogP contribution in [0.3, 0.4) is 0 Å². The fourth-order valence-electron chi connectivity index (χ4n) is 1.69. The number of carbonyl (C=O) groups excluding carboxylic acids is 1. The number of aryl methyl sites for hydroxylation is 1. The van der Waals surface area contributed by atoms with Crippen LogP contribution in [0.15, 0.2) is 42.5 Å². The van der Waals surface area contributed by atoms with E-state index in [-0.39, 0.29) is 5.91 Å². The Morgan fingerprint density at radius 2 is 1.94 bits per heavy atom. The van der Waals surface area contributed by atoms with E-state index in [1.54, 1.807) is 18.2 Å². The first-order chi connectivity index (χ1) is 8.58. The van der Waals surface area contributed by atoms with E-state index in [9.17, 15) is 4.79 Å². The number of carbonyl (C=O) groups is 1. The van der Waals surface area contributed by atoms with E-state index in [1.807, 2.05) is 31.2 Å². The van der Waals surface area contributed by atoms with Crippen LogP contribution >= 0.6 is 22.6 Å². The highest BCUT2D eigenvalue weighted by Crippen LogP contribution is 2.19. The van der Waals surface area contributed by atoms with E-state index in [4.69, 9.17) is 5.73 Å². The quantitative estimate of drug-likeness (QED) is 0.643. The maximum Gasteiger partial charge on any atom is 0.255 e. The summed E-state index contributed by atoms with van der Waals surface area (Å²) < 4.78 is 1.01. The van der Waals surface area contributed by atoms with Crippen LogP contribution in [0.25, 0.3) is 0 Å². The second kappa shape index (κ2) is 5.39. The Morgan fingerprint density at radius 3 is 2.61 bits per heavy atom. The van der Waals surface area contributed by atoms with Crippen LogP contribution in [0.5, 0.6) is 0 Å². The van der Waals surface area contributed by atoms with Gasteiger partial charge in [0.1, 0.15) is 0 Å². The predicted octanol–water partition coefficient (Wildman–Crippen LogP) is 3.43. The van der Waals surface area contributed by atoms with Crippen molar-refractivity contribution in [1.29, 1.82) is 0 Å². The Hall–Kier alpha value is -1.56. The minimum absolute atomic E-state index is 0.114. The molecule has 0 radical (unpaired) electrons. The Balaban J connectivity index is 2.25. The van der Waals surface area contributed by atoms with E-state index in [2.05, 4.69) is 27.9 Å². The maximum absolute atomic E-state index is 12.1. The molecule has 0 aromatic heterocycles. The second-order valence-corrected chi connectivity index (χ2v) is 5.17. The lowest BCUT2D eigenvalue weighted by Gasteiger charge is -2.09. The highest BCUT2D eigenvalue weighted by Gasteiger charge is 2.10. The number of nitrogen functional groups attached to an aromatic ring is 1. The van der Waals surface area contributed by atoms with Crippen molar-refractivity contribution in [2.24, 2.45) is 0 Å². The van der Waals surface area contributed by atoms with Gasteiger partial charge in [0.05, 0.1) is 5.69 Å². The van der Waals surface area contributed by atoms with Crippen LogP contribution < -0.4 is 11.1 Å². The lowest BCUT2D eigenvalue weighted by Crippen LogP contribution is -2.14. The molecule has 0 bridgehead atoms. The van der Waals surface area contributed by atoms with Gasteiger partial charge in [0.25, 0.3) is 5.91 Å². The van der Waals surface area contributed by atoms with Crippen LogP contribution in [0, 0.1) is 10.5 Å². The van der Waals surface area contributed by atoms with Crippen molar-refractivity contribution in [3.8, 4) is 0 Å². The number of nitrogens with two attached hydrogens (primary N) is 1. The Morgan fingerprint density at radius 1 is 1.22 bits per heavy atom. The number of amides is 1. The first-order valence-corrected chi connectivity index (χ1v) is 6.58. The lowest BCUT2D eigenvalue weighted by molar-refractivity contribution is 0.102. The fourth-order valence-corrected chi connectivity index (χ4v) is 2.22. The molecule has 0 fully saturated rings. The van der Waals surface area contributed by atoms with Crippen molar-refractivity contribution in [2.75, 3.05) is 11.1 Å². The molecule has 2 rings (SSSR count). The zero-order valence-electron chi connectivity index (χ0n) is 9.91. The highest BCUT2D eigenvalue weighted by atomic mass is 127. The van der Waals surface area contributed by atoms with Crippen molar-refractivity contribution in [3.63, 3.8) is 0 Å². The van der Waals surface area contributed by atoms with Crippen LogP contribution in [-0.2, 0) is 0 Å². The number of hydrogen-bond acceptors (Lipinski definition) is 2. The van der Waals surface area contributed by atoms with Crippen molar-refractivity contribution in [2.45, 2.75) is 6.92 Å². The number of rotatable bonds is 2. The number of anilines is 2. The molecule has 0 spiro atoms. The van der Waals surface area contributed by atoms with Gasteiger partial charge in [0, 0.05) is 14.8 Å². The lowest BCUT2D eigenvalue weighted by atomic mass is 10.1. The third-order valence-electron chi connectivity index (χ3n) is 2.62. The molecule has 3 N–H and O–H groups in total. The minimum Gasteiger partial charge on any atom is -0.399 e. The van der Waals surface area contributed by atoms with E-state index in [1.165, 1.54) is 0 Å². The van der Waals surface area contributed by atoms with Gasteiger partial charge in [-0.25, -0.2) is 0 Å². The van der Waals surface area contributed by atoms with Crippen molar-refractivity contribution in [3.05, 3.63) is 57.2 Å². The second-order valence-electron chi connectivity index (χ2n) is 4.01. The van der Waals surface area contributed by atoms with Crippen molar-refractivity contribution in [1.82, 2.24) is 0 Å². The molecular formula is C14H13IN2O. The topological polar surface area (TPSA) is 55.1 Å². The molecule has 0 unspecified atom stereocenters. The van der Waals surface area contributed by atoms with Gasteiger partial charge < -0.3 is 11.1 Å². The Kier molecular flexibility index (Phi) is 3.86. The van der Waals surface area contributed by atoms with Gasteiger partial charge in [0.15, 0.2) is 0 Å². The molecular weight excluding hydrogens is 339 g/mol. The van der Waals surface area contributed by atoms with Gasteiger partial charge in [-0.15, -0.1) is 0 Å². The van der Waals surface area contributed by atoms with Gasteiger partial charge in [-0.05, 0) is 65.4 Å². The summed E-state index contributed by atoms with van der Waals surface area (Å²) in [5.74, 6) is -0.114. The predicted molar refractivity (Wildman–Crippen MR) is 82.7 cm³/mol.